The van der Waals surface area contributed by atoms with Crippen molar-refractivity contribution in [1.82, 2.24) is 9.97 Å². The molecular weight excluding hydrogens is 390 g/mol. The zero-order valence-corrected chi connectivity index (χ0v) is 15.2. The molecule has 0 N–H and O–H groups in total. The van der Waals surface area contributed by atoms with Crippen LogP contribution in [-0.4, -0.2) is 29.2 Å². The minimum atomic E-state index is -4.47. The lowest BCUT2D eigenvalue weighted by atomic mass is 10.1. The first-order valence-corrected chi connectivity index (χ1v) is 8.79. The highest BCUT2D eigenvalue weighted by atomic mass is 35.5. The molecule has 3 rings (SSSR count). The minimum absolute atomic E-state index is 0.0199. The van der Waals surface area contributed by atoms with Crippen LogP contribution in [0, 0.1) is 0 Å². The highest BCUT2D eigenvalue weighted by molar-refractivity contribution is 6.42. The highest BCUT2D eigenvalue weighted by Gasteiger charge is 2.33. The SMILES string of the molecule is FC(F)(F)c1ccnc(N2CCC(OCc3ccc(Cl)c(Cl)c3)CC2)n1. The molecule has 1 fully saturated rings. The van der Waals surface area contributed by atoms with Crippen LogP contribution in [0.1, 0.15) is 24.1 Å². The smallest absolute Gasteiger partial charge is 0.373 e. The number of anilines is 1. The van der Waals surface area contributed by atoms with Gasteiger partial charge in [-0.25, -0.2) is 9.97 Å². The molecule has 1 aromatic heterocycles. The van der Waals surface area contributed by atoms with Crippen molar-refractivity contribution < 1.29 is 17.9 Å². The van der Waals surface area contributed by atoms with Crippen molar-refractivity contribution in [3.8, 4) is 0 Å². The molecule has 2 heterocycles. The fourth-order valence-corrected chi connectivity index (χ4v) is 3.05. The van der Waals surface area contributed by atoms with Crippen molar-refractivity contribution in [2.24, 2.45) is 0 Å². The molecular formula is C17H16Cl2F3N3O. The van der Waals surface area contributed by atoms with Gasteiger partial charge in [-0.3, -0.25) is 0 Å². The normalized spacial score (nSPS) is 16.1. The van der Waals surface area contributed by atoms with Crippen LogP contribution in [0.5, 0.6) is 0 Å². The molecule has 0 spiro atoms. The second-order valence-corrected chi connectivity index (χ2v) is 6.80. The molecule has 0 aliphatic carbocycles. The van der Waals surface area contributed by atoms with Crippen LogP contribution in [0.25, 0.3) is 0 Å². The molecule has 26 heavy (non-hydrogen) atoms. The largest absolute Gasteiger partial charge is 0.433 e. The van der Waals surface area contributed by atoms with Crippen LogP contribution >= 0.6 is 23.2 Å². The Kier molecular flexibility index (Phi) is 5.89. The Labute approximate surface area is 158 Å². The number of hydrogen-bond donors (Lipinski definition) is 0. The first kappa shape index (κ1) is 19.2. The van der Waals surface area contributed by atoms with Gasteiger partial charge in [0.2, 0.25) is 5.95 Å². The maximum Gasteiger partial charge on any atom is 0.433 e. The minimum Gasteiger partial charge on any atom is -0.373 e. The van der Waals surface area contributed by atoms with Crippen LogP contribution in [0.3, 0.4) is 0 Å². The molecule has 2 aromatic rings. The molecule has 0 saturated carbocycles. The lowest BCUT2D eigenvalue weighted by Gasteiger charge is -2.32. The van der Waals surface area contributed by atoms with E-state index >= 15 is 0 Å². The second-order valence-electron chi connectivity index (χ2n) is 5.99. The molecule has 1 saturated heterocycles. The number of aromatic nitrogens is 2. The summed E-state index contributed by atoms with van der Waals surface area (Å²) in [5.41, 5.74) is -0.0106. The monoisotopic (exact) mass is 405 g/mol. The van der Waals surface area contributed by atoms with Crippen molar-refractivity contribution >= 4 is 29.2 Å². The zero-order chi connectivity index (χ0) is 18.7. The zero-order valence-electron chi connectivity index (χ0n) is 13.6. The Bertz CT molecular complexity index is 765. The Morgan fingerprint density at radius 2 is 1.85 bits per heavy atom. The molecule has 140 valence electrons. The van der Waals surface area contributed by atoms with Crippen LogP contribution < -0.4 is 4.90 Å². The molecule has 9 heteroatoms. The maximum absolute atomic E-state index is 12.8. The van der Waals surface area contributed by atoms with Gasteiger partial charge in [0, 0.05) is 19.3 Å². The fraction of sp³-hybridized carbons (Fsp3) is 0.412. The van der Waals surface area contributed by atoms with Gasteiger partial charge in [-0.2, -0.15) is 13.2 Å². The van der Waals surface area contributed by atoms with Gasteiger partial charge in [0.05, 0.1) is 22.8 Å². The summed E-state index contributed by atoms with van der Waals surface area (Å²) in [6.45, 7) is 1.47. The maximum atomic E-state index is 12.8. The van der Waals surface area contributed by atoms with Gasteiger partial charge in [-0.05, 0) is 36.6 Å². The van der Waals surface area contributed by atoms with Crippen LogP contribution in [0.4, 0.5) is 19.1 Å². The summed E-state index contributed by atoms with van der Waals surface area (Å²) in [6.07, 6.45) is -1.95. The number of nitrogens with zero attached hydrogens (tertiary/aromatic N) is 3. The van der Waals surface area contributed by atoms with Gasteiger partial charge >= 0.3 is 6.18 Å². The third-order valence-electron chi connectivity index (χ3n) is 4.13. The summed E-state index contributed by atoms with van der Waals surface area (Å²) in [4.78, 5) is 9.33. The molecule has 1 aromatic carbocycles. The van der Waals surface area contributed by atoms with Gasteiger partial charge < -0.3 is 9.64 Å². The molecule has 1 aliphatic heterocycles. The molecule has 0 bridgehead atoms. The number of benzene rings is 1. The summed E-state index contributed by atoms with van der Waals surface area (Å²) in [7, 11) is 0. The topological polar surface area (TPSA) is 38.2 Å². The van der Waals surface area contributed by atoms with Crippen molar-refractivity contribution in [3.05, 3.63) is 51.8 Å². The predicted octanol–water partition coefficient (Wildman–Crippen LogP) is 4.99. The van der Waals surface area contributed by atoms with Gasteiger partial charge in [-0.15, -0.1) is 0 Å². The Hall–Kier alpha value is -1.57. The van der Waals surface area contributed by atoms with Crippen molar-refractivity contribution in [3.63, 3.8) is 0 Å². The van der Waals surface area contributed by atoms with Crippen molar-refractivity contribution in [2.75, 3.05) is 18.0 Å². The van der Waals surface area contributed by atoms with Crippen molar-refractivity contribution in [1.29, 1.82) is 0 Å². The summed E-state index contributed by atoms with van der Waals surface area (Å²) < 4.78 is 44.2. The molecule has 0 unspecified atom stereocenters. The van der Waals surface area contributed by atoms with E-state index in [4.69, 9.17) is 27.9 Å². The first-order valence-electron chi connectivity index (χ1n) is 8.03. The van der Waals surface area contributed by atoms with E-state index in [0.29, 0.717) is 42.6 Å². The fourth-order valence-electron chi connectivity index (χ4n) is 2.72. The second kappa shape index (κ2) is 7.98. The third kappa shape index (κ3) is 4.78. The lowest BCUT2D eigenvalue weighted by molar-refractivity contribution is -0.141. The van der Waals surface area contributed by atoms with E-state index in [2.05, 4.69) is 9.97 Å². The van der Waals surface area contributed by atoms with Crippen LogP contribution in [-0.2, 0) is 17.5 Å². The average molecular weight is 406 g/mol. The van der Waals surface area contributed by atoms with Crippen LogP contribution in [0.2, 0.25) is 10.0 Å². The van der Waals surface area contributed by atoms with E-state index in [1.165, 1.54) is 0 Å². The summed E-state index contributed by atoms with van der Waals surface area (Å²) in [5.74, 6) is 0.0998. The van der Waals surface area contributed by atoms with Gasteiger partial charge in [-0.1, -0.05) is 29.3 Å². The van der Waals surface area contributed by atoms with E-state index in [1.54, 1.807) is 17.0 Å². The predicted molar refractivity (Wildman–Crippen MR) is 93.5 cm³/mol. The molecule has 4 nitrogen and oxygen atoms in total. The molecule has 0 radical (unpaired) electrons. The van der Waals surface area contributed by atoms with E-state index in [-0.39, 0.29) is 12.1 Å². The number of piperidine rings is 1. The Morgan fingerprint density at radius 1 is 1.12 bits per heavy atom. The summed E-state index contributed by atoms with van der Waals surface area (Å²) in [5, 5.41) is 0.967. The average Bonchev–Trinajstić information content (AvgIpc) is 2.62. The van der Waals surface area contributed by atoms with Crippen molar-refractivity contribution in [2.45, 2.75) is 31.7 Å². The lowest BCUT2D eigenvalue weighted by Crippen LogP contribution is -2.38. The number of hydrogen-bond acceptors (Lipinski definition) is 4. The highest BCUT2D eigenvalue weighted by Crippen LogP contribution is 2.29. The Balaban J connectivity index is 1.53. The van der Waals surface area contributed by atoms with Crippen LogP contribution in [0.15, 0.2) is 30.5 Å². The van der Waals surface area contributed by atoms with Gasteiger partial charge in [0.1, 0.15) is 5.69 Å². The summed E-state index contributed by atoms with van der Waals surface area (Å²) >= 11 is 11.9. The third-order valence-corrected chi connectivity index (χ3v) is 4.87. The summed E-state index contributed by atoms with van der Waals surface area (Å²) in [6, 6.07) is 6.20. The molecule has 0 amide bonds. The number of rotatable bonds is 4. The van der Waals surface area contributed by atoms with Gasteiger partial charge in [0.25, 0.3) is 0 Å². The van der Waals surface area contributed by atoms with Gasteiger partial charge in [0.15, 0.2) is 0 Å². The first-order chi connectivity index (χ1) is 12.3. The molecule has 0 atom stereocenters. The van der Waals surface area contributed by atoms with E-state index in [1.807, 2.05) is 6.07 Å². The van der Waals surface area contributed by atoms with E-state index in [9.17, 15) is 13.2 Å². The quantitative estimate of drug-likeness (QED) is 0.718. The van der Waals surface area contributed by atoms with E-state index in [0.717, 1.165) is 17.8 Å². The van der Waals surface area contributed by atoms with E-state index < -0.39 is 11.9 Å². The standard InChI is InChI=1S/C17H16Cl2F3N3O/c18-13-2-1-11(9-14(13)19)10-26-12-4-7-25(8-5-12)16-23-6-3-15(24-16)17(20,21)22/h1-3,6,9,12H,4-5,7-8,10H2. The number of halogens is 5. The molecule has 1 aliphatic rings. The Morgan fingerprint density at radius 3 is 2.50 bits per heavy atom. The number of alkyl halides is 3. The number of ether oxygens (including phenoxy) is 1.